The van der Waals surface area contributed by atoms with Gasteiger partial charge in [-0.2, -0.15) is 0 Å². The molecule has 160 valence electrons. The number of anilines is 1. The monoisotopic (exact) mass is 414 g/mol. The van der Waals surface area contributed by atoms with E-state index in [0.717, 1.165) is 25.7 Å². The number of ether oxygens (including phenoxy) is 1. The fourth-order valence-electron chi connectivity index (χ4n) is 4.00. The fraction of sp³-hybridized carbons (Fsp3) is 0.500. The zero-order valence-corrected chi connectivity index (χ0v) is 17.2. The Bertz CT molecular complexity index is 839. The number of likely N-dealkylation sites (tertiary alicyclic amines) is 1. The predicted octanol–water partition coefficient (Wildman–Crippen LogP) is 2.32. The Morgan fingerprint density at radius 1 is 1.07 bits per heavy atom. The molecule has 1 heterocycles. The first kappa shape index (κ1) is 21.7. The summed E-state index contributed by atoms with van der Waals surface area (Å²) in [4.78, 5) is 61.7. The molecule has 1 aromatic carbocycles. The third-order valence-corrected chi connectivity index (χ3v) is 5.71. The molecule has 1 saturated heterocycles. The van der Waals surface area contributed by atoms with E-state index < -0.39 is 18.0 Å². The average molecular weight is 414 g/mol. The van der Waals surface area contributed by atoms with Gasteiger partial charge in [0.25, 0.3) is 5.91 Å². The number of Topliss-reactive ketones (excluding diaryl/α,β-unsaturated/α-hetero) is 1. The molecule has 2 aliphatic rings. The number of imide groups is 1. The van der Waals surface area contributed by atoms with Gasteiger partial charge >= 0.3 is 5.97 Å². The Hall–Kier alpha value is -3.03. The smallest absolute Gasteiger partial charge is 0.308 e. The largest absolute Gasteiger partial charge is 0.452 e. The van der Waals surface area contributed by atoms with E-state index in [1.807, 2.05) is 0 Å². The Balaban J connectivity index is 1.47. The van der Waals surface area contributed by atoms with E-state index >= 15 is 0 Å². The maximum atomic E-state index is 12.4. The molecule has 8 nitrogen and oxygen atoms in total. The summed E-state index contributed by atoms with van der Waals surface area (Å²) in [7, 11) is 0. The molecule has 3 rings (SSSR count). The lowest BCUT2D eigenvalue weighted by atomic mass is 9.81. The number of hydrogen-bond acceptors (Lipinski definition) is 6. The molecule has 3 amide bonds. The van der Waals surface area contributed by atoms with Gasteiger partial charge in [-0.3, -0.25) is 28.9 Å². The SMILES string of the molecule is CC(=O)c1ccc(NC(=O)[C@H](C)OC(=O)CCN2C(=O)[C@H]3CCCC[C@@H]3C2=O)cc1. The lowest BCUT2D eigenvalue weighted by molar-refractivity contribution is -0.154. The van der Waals surface area contributed by atoms with Crippen LogP contribution in [0.1, 0.15) is 56.3 Å². The van der Waals surface area contributed by atoms with Crippen LogP contribution in [0.4, 0.5) is 5.69 Å². The lowest BCUT2D eigenvalue weighted by Crippen LogP contribution is -2.35. The standard InChI is InChI=1S/C22H26N2O6/c1-13(25)15-7-9-16(10-8-15)23-20(27)14(2)30-19(26)11-12-24-21(28)17-5-3-4-6-18(17)22(24)29/h7-10,14,17-18H,3-6,11-12H2,1-2H3,(H,23,27)/t14-,17-,18-/m0/s1. The van der Waals surface area contributed by atoms with Crippen LogP contribution < -0.4 is 5.32 Å². The number of carbonyl (C=O) groups excluding carboxylic acids is 5. The van der Waals surface area contributed by atoms with E-state index in [0.29, 0.717) is 11.3 Å². The van der Waals surface area contributed by atoms with Gasteiger partial charge in [0.1, 0.15) is 0 Å². The zero-order valence-electron chi connectivity index (χ0n) is 17.2. The van der Waals surface area contributed by atoms with Crippen LogP contribution in [-0.2, 0) is 23.9 Å². The molecule has 0 aromatic heterocycles. The Morgan fingerprint density at radius 2 is 1.63 bits per heavy atom. The van der Waals surface area contributed by atoms with Crippen molar-refractivity contribution in [2.75, 3.05) is 11.9 Å². The molecule has 3 atom stereocenters. The highest BCUT2D eigenvalue weighted by molar-refractivity contribution is 6.05. The number of nitrogens with one attached hydrogen (secondary N) is 1. The maximum Gasteiger partial charge on any atom is 0.308 e. The summed E-state index contributed by atoms with van der Waals surface area (Å²) in [6, 6.07) is 6.37. The van der Waals surface area contributed by atoms with Crippen molar-refractivity contribution < 1.29 is 28.7 Å². The van der Waals surface area contributed by atoms with Gasteiger partial charge in [-0.25, -0.2) is 0 Å². The number of rotatable bonds is 7. The van der Waals surface area contributed by atoms with Crippen LogP contribution >= 0.6 is 0 Å². The second kappa shape index (κ2) is 9.19. The number of carbonyl (C=O) groups is 5. The number of fused-ring (bicyclic) bond motifs is 1. The summed E-state index contributed by atoms with van der Waals surface area (Å²) in [5.74, 6) is -2.14. The fourth-order valence-corrected chi connectivity index (χ4v) is 4.00. The number of nitrogens with zero attached hydrogens (tertiary/aromatic N) is 1. The minimum absolute atomic E-state index is 0.0235. The molecular formula is C22H26N2O6. The molecule has 1 aliphatic carbocycles. The molecule has 1 aliphatic heterocycles. The molecule has 8 heteroatoms. The molecule has 1 aromatic rings. The second-order valence-corrected chi connectivity index (χ2v) is 7.83. The first-order valence-electron chi connectivity index (χ1n) is 10.2. The molecule has 0 spiro atoms. The zero-order chi connectivity index (χ0) is 21.8. The lowest BCUT2D eigenvalue weighted by Gasteiger charge is -2.19. The van der Waals surface area contributed by atoms with Gasteiger partial charge in [-0.15, -0.1) is 0 Å². The summed E-state index contributed by atoms with van der Waals surface area (Å²) < 4.78 is 5.14. The third kappa shape index (κ3) is 4.75. The molecule has 30 heavy (non-hydrogen) atoms. The highest BCUT2D eigenvalue weighted by Crippen LogP contribution is 2.37. The summed E-state index contributed by atoms with van der Waals surface area (Å²) in [6.45, 7) is 2.87. The molecule has 1 N–H and O–H groups in total. The summed E-state index contributed by atoms with van der Waals surface area (Å²) >= 11 is 0. The van der Waals surface area contributed by atoms with E-state index in [2.05, 4.69) is 5.32 Å². The van der Waals surface area contributed by atoms with Gasteiger partial charge < -0.3 is 10.1 Å². The molecule has 0 unspecified atom stereocenters. The third-order valence-electron chi connectivity index (χ3n) is 5.71. The number of benzene rings is 1. The van der Waals surface area contributed by atoms with E-state index in [-0.39, 0.29) is 42.4 Å². The van der Waals surface area contributed by atoms with Crippen LogP contribution in [0.15, 0.2) is 24.3 Å². The topological polar surface area (TPSA) is 110 Å². The first-order valence-corrected chi connectivity index (χ1v) is 10.2. The minimum atomic E-state index is -1.04. The van der Waals surface area contributed by atoms with E-state index in [1.165, 1.54) is 18.7 Å². The molecule has 0 radical (unpaired) electrons. The Kier molecular flexibility index (Phi) is 6.64. The van der Waals surface area contributed by atoms with Crippen molar-refractivity contribution in [2.45, 2.75) is 52.1 Å². The van der Waals surface area contributed by atoms with Crippen molar-refractivity contribution in [3.05, 3.63) is 29.8 Å². The maximum absolute atomic E-state index is 12.4. The second-order valence-electron chi connectivity index (χ2n) is 7.83. The van der Waals surface area contributed by atoms with Crippen molar-refractivity contribution >= 4 is 35.2 Å². The Morgan fingerprint density at radius 3 is 2.17 bits per heavy atom. The Labute approximate surface area is 174 Å². The van der Waals surface area contributed by atoms with Crippen molar-refractivity contribution in [3.63, 3.8) is 0 Å². The van der Waals surface area contributed by atoms with Gasteiger partial charge in [0.2, 0.25) is 11.8 Å². The van der Waals surface area contributed by atoms with Crippen LogP contribution in [0.3, 0.4) is 0 Å². The predicted molar refractivity (Wildman–Crippen MR) is 107 cm³/mol. The number of amides is 3. The number of hydrogen-bond donors (Lipinski definition) is 1. The highest BCUT2D eigenvalue weighted by atomic mass is 16.5. The number of ketones is 1. The highest BCUT2D eigenvalue weighted by Gasteiger charge is 2.47. The molecule has 1 saturated carbocycles. The van der Waals surface area contributed by atoms with Crippen molar-refractivity contribution in [1.82, 2.24) is 4.90 Å². The van der Waals surface area contributed by atoms with Crippen LogP contribution in [-0.4, -0.2) is 47.0 Å². The van der Waals surface area contributed by atoms with Crippen molar-refractivity contribution in [1.29, 1.82) is 0 Å². The van der Waals surface area contributed by atoms with Crippen LogP contribution in [0, 0.1) is 11.8 Å². The molecule has 0 bridgehead atoms. The summed E-state index contributed by atoms with van der Waals surface area (Å²) in [5, 5.41) is 2.61. The van der Waals surface area contributed by atoms with E-state index in [9.17, 15) is 24.0 Å². The minimum Gasteiger partial charge on any atom is -0.452 e. The van der Waals surface area contributed by atoms with Gasteiger partial charge in [0.05, 0.1) is 18.3 Å². The van der Waals surface area contributed by atoms with Gasteiger partial charge in [0.15, 0.2) is 11.9 Å². The van der Waals surface area contributed by atoms with Gasteiger partial charge in [0, 0.05) is 17.8 Å². The molecular weight excluding hydrogens is 388 g/mol. The van der Waals surface area contributed by atoms with Crippen molar-refractivity contribution in [2.24, 2.45) is 11.8 Å². The quantitative estimate of drug-likeness (QED) is 0.417. The van der Waals surface area contributed by atoms with Crippen molar-refractivity contribution in [3.8, 4) is 0 Å². The molecule has 2 fully saturated rings. The summed E-state index contributed by atoms with van der Waals surface area (Å²) in [5.41, 5.74) is 1.00. The first-order chi connectivity index (χ1) is 14.3. The van der Waals surface area contributed by atoms with E-state index in [1.54, 1.807) is 24.3 Å². The van der Waals surface area contributed by atoms with E-state index in [4.69, 9.17) is 4.74 Å². The van der Waals surface area contributed by atoms with Crippen LogP contribution in [0.25, 0.3) is 0 Å². The number of esters is 1. The van der Waals surface area contributed by atoms with Crippen LogP contribution in [0.5, 0.6) is 0 Å². The summed E-state index contributed by atoms with van der Waals surface area (Å²) in [6.07, 6.45) is 2.14. The van der Waals surface area contributed by atoms with Gasteiger partial charge in [-0.05, 0) is 51.0 Å². The van der Waals surface area contributed by atoms with Gasteiger partial charge in [-0.1, -0.05) is 12.8 Å². The average Bonchev–Trinajstić information content (AvgIpc) is 2.97. The normalized spacial score (nSPS) is 21.7. The van der Waals surface area contributed by atoms with Crippen LogP contribution in [0.2, 0.25) is 0 Å².